The van der Waals surface area contributed by atoms with E-state index in [1.807, 2.05) is 36.4 Å². The average molecular weight is 327 g/mol. The number of hydrogen-bond acceptors (Lipinski definition) is 5. The summed E-state index contributed by atoms with van der Waals surface area (Å²) < 4.78 is 15.8. The SMILES string of the molecule is C=Cc1ccccc1.CCNCCNC[Si](OC)(OC)OC. The van der Waals surface area contributed by atoms with Gasteiger partial charge in [-0.15, -0.1) is 0 Å². The lowest BCUT2D eigenvalue weighted by atomic mass is 10.2. The Morgan fingerprint density at radius 1 is 1.00 bits per heavy atom. The highest BCUT2D eigenvalue weighted by atomic mass is 28.4. The van der Waals surface area contributed by atoms with Gasteiger partial charge in [-0.2, -0.15) is 0 Å². The zero-order valence-electron chi connectivity index (χ0n) is 14.2. The van der Waals surface area contributed by atoms with Crippen molar-refractivity contribution in [2.45, 2.75) is 6.92 Å². The van der Waals surface area contributed by atoms with Crippen LogP contribution in [0, 0.1) is 0 Å². The number of hydrogen-bond donors (Lipinski definition) is 2. The van der Waals surface area contributed by atoms with E-state index in [0.29, 0.717) is 6.17 Å². The van der Waals surface area contributed by atoms with Crippen molar-refractivity contribution in [1.82, 2.24) is 10.6 Å². The molecule has 0 amide bonds. The summed E-state index contributed by atoms with van der Waals surface area (Å²) in [6, 6.07) is 10.0. The van der Waals surface area contributed by atoms with Crippen molar-refractivity contribution < 1.29 is 13.3 Å². The van der Waals surface area contributed by atoms with E-state index in [4.69, 9.17) is 13.3 Å². The van der Waals surface area contributed by atoms with E-state index in [9.17, 15) is 0 Å². The monoisotopic (exact) mass is 326 g/mol. The Morgan fingerprint density at radius 3 is 1.95 bits per heavy atom. The molecule has 0 aliphatic heterocycles. The van der Waals surface area contributed by atoms with Crippen LogP contribution < -0.4 is 10.6 Å². The van der Waals surface area contributed by atoms with Gasteiger partial charge >= 0.3 is 8.80 Å². The van der Waals surface area contributed by atoms with E-state index in [2.05, 4.69) is 24.1 Å². The lowest BCUT2D eigenvalue weighted by molar-refractivity contribution is 0.122. The molecule has 1 rings (SSSR count). The van der Waals surface area contributed by atoms with Crippen LogP contribution in [0.4, 0.5) is 0 Å². The minimum atomic E-state index is -2.42. The van der Waals surface area contributed by atoms with Crippen LogP contribution in [0.25, 0.3) is 6.08 Å². The van der Waals surface area contributed by atoms with Crippen molar-refractivity contribution in [3.8, 4) is 0 Å². The third kappa shape index (κ3) is 9.09. The maximum absolute atomic E-state index is 5.25. The molecule has 0 aromatic heterocycles. The fourth-order valence-electron chi connectivity index (χ4n) is 1.65. The Balaban J connectivity index is 0.000000461. The molecular weight excluding hydrogens is 296 g/mol. The molecule has 5 nitrogen and oxygen atoms in total. The van der Waals surface area contributed by atoms with Gasteiger partial charge in [-0.1, -0.05) is 49.9 Å². The summed E-state index contributed by atoms with van der Waals surface area (Å²) in [6.45, 7) is 8.53. The molecule has 0 spiro atoms. The Hall–Kier alpha value is -1.02. The molecule has 0 heterocycles. The molecular formula is C16H30N2O3Si. The van der Waals surface area contributed by atoms with Gasteiger partial charge in [0.2, 0.25) is 0 Å². The van der Waals surface area contributed by atoms with Gasteiger partial charge in [0.15, 0.2) is 0 Å². The van der Waals surface area contributed by atoms with Gasteiger partial charge in [0, 0.05) is 34.4 Å². The van der Waals surface area contributed by atoms with Gasteiger partial charge in [0.05, 0.1) is 6.17 Å². The summed E-state index contributed by atoms with van der Waals surface area (Å²) >= 11 is 0. The normalized spacial score (nSPS) is 10.7. The molecule has 0 aliphatic rings. The highest BCUT2D eigenvalue weighted by Crippen LogP contribution is 2.03. The van der Waals surface area contributed by atoms with Crippen LogP contribution in [-0.4, -0.2) is 55.9 Å². The first-order valence-corrected chi connectivity index (χ1v) is 9.35. The fourth-order valence-corrected chi connectivity index (χ4v) is 3.07. The highest BCUT2D eigenvalue weighted by Gasteiger charge is 2.37. The maximum Gasteiger partial charge on any atom is 0.514 e. The van der Waals surface area contributed by atoms with Crippen molar-refractivity contribution >= 4 is 14.9 Å². The molecule has 0 saturated heterocycles. The second-order valence-electron chi connectivity index (χ2n) is 4.44. The molecule has 1 aromatic carbocycles. The van der Waals surface area contributed by atoms with Crippen molar-refractivity contribution in [3.63, 3.8) is 0 Å². The molecule has 0 saturated carbocycles. The average Bonchev–Trinajstić information content (AvgIpc) is 2.60. The van der Waals surface area contributed by atoms with Gasteiger partial charge in [-0.25, -0.2) is 0 Å². The van der Waals surface area contributed by atoms with Crippen molar-refractivity contribution in [2.75, 3.05) is 47.1 Å². The zero-order valence-corrected chi connectivity index (χ0v) is 15.2. The third-order valence-corrected chi connectivity index (χ3v) is 5.59. The maximum atomic E-state index is 5.25. The predicted octanol–water partition coefficient (Wildman–Crippen LogP) is 1.93. The van der Waals surface area contributed by atoms with Gasteiger partial charge in [-0.3, -0.25) is 0 Å². The van der Waals surface area contributed by atoms with Crippen LogP contribution in [0.15, 0.2) is 36.9 Å². The summed E-state index contributed by atoms with van der Waals surface area (Å²) in [7, 11) is 2.43. The van der Waals surface area contributed by atoms with Gasteiger partial charge in [0.1, 0.15) is 0 Å². The third-order valence-electron chi connectivity index (χ3n) is 3.04. The highest BCUT2D eigenvalue weighted by molar-refractivity contribution is 6.60. The number of benzene rings is 1. The van der Waals surface area contributed by atoms with E-state index < -0.39 is 8.80 Å². The largest absolute Gasteiger partial charge is 0.514 e. The van der Waals surface area contributed by atoms with Crippen molar-refractivity contribution in [3.05, 3.63) is 42.5 Å². The topological polar surface area (TPSA) is 51.8 Å². The first kappa shape index (κ1) is 21.0. The van der Waals surface area contributed by atoms with Crippen LogP contribution in [-0.2, 0) is 13.3 Å². The van der Waals surface area contributed by atoms with Gasteiger partial charge in [0.25, 0.3) is 0 Å². The molecule has 1 aromatic rings. The summed E-state index contributed by atoms with van der Waals surface area (Å²) in [6.07, 6.45) is 2.47. The molecule has 22 heavy (non-hydrogen) atoms. The first-order valence-electron chi connectivity index (χ1n) is 7.42. The standard InChI is InChI=1S/C8H22N2O3Si.C8H8/c1-5-9-6-7-10-8-14(11-2,12-3)13-4;1-2-8-6-4-3-5-7-8/h9-10H,5-8H2,1-4H3;2-7H,1H2. The van der Waals surface area contributed by atoms with E-state index in [-0.39, 0.29) is 0 Å². The summed E-state index contributed by atoms with van der Waals surface area (Å²) in [4.78, 5) is 0. The molecule has 0 aliphatic carbocycles. The fraction of sp³-hybridized carbons (Fsp3) is 0.500. The Bertz CT molecular complexity index is 365. The van der Waals surface area contributed by atoms with Crippen LogP contribution in [0.1, 0.15) is 12.5 Å². The molecule has 0 unspecified atom stereocenters. The summed E-state index contributed by atoms with van der Waals surface area (Å²) in [5.74, 6) is 0. The van der Waals surface area contributed by atoms with Crippen molar-refractivity contribution in [2.24, 2.45) is 0 Å². The smallest absolute Gasteiger partial charge is 0.376 e. The minimum Gasteiger partial charge on any atom is -0.376 e. The van der Waals surface area contributed by atoms with Crippen LogP contribution in [0.3, 0.4) is 0 Å². The zero-order chi connectivity index (χ0) is 16.7. The van der Waals surface area contributed by atoms with Gasteiger partial charge < -0.3 is 23.9 Å². The van der Waals surface area contributed by atoms with E-state index in [0.717, 1.165) is 19.6 Å². The van der Waals surface area contributed by atoms with Gasteiger partial charge in [-0.05, 0) is 12.1 Å². The van der Waals surface area contributed by atoms with Crippen LogP contribution in [0.2, 0.25) is 0 Å². The number of rotatable bonds is 10. The minimum absolute atomic E-state index is 0.641. The lowest BCUT2D eigenvalue weighted by Gasteiger charge is -2.24. The Labute approximate surface area is 136 Å². The first-order chi connectivity index (χ1) is 10.7. The lowest BCUT2D eigenvalue weighted by Crippen LogP contribution is -2.52. The Kier molecular flexibility index (Phi) is 13.0. The van der Waals surface area contributed by atoms with E-state index >= 15 is 0 Å². The number of likely N-dealkylation sites (N-methyl/N-ethyl adjacent to an activating group) is 1. The predicted molar refractivity (Wildman–Crippen MR) is 94.7 cm³/mol. The van der Waals surface area contributed by atoms with E-state index in [1.54, 1.807) is 21.3 Å². The van der Waals surface area contributed by atoms with Crippen LogP contribution in [0.5, 0.6) is 0 Å². The van der Waals surface area contributed by atoms with E-state index in [1.165, 1.54) is 5.56 Å². The molecule has 0 atom stereocenters. The molecule has 2 N–H and O–H groups in total. The summed E-state index contributed by atoms with van der Waals surface area (Å²) in [5, 5.41) is 6.46. The molecule has 0 fully saturated rings. The second kappa shape index (κ2) is 13.6. The quantitative estimate of drug-likeness (QED) is 0.508. The summed E-state index contributed by atoms with van der Waals surface area (Å²) in [5.41, 5.74) is 1.17. The van der Waals surface area contributed by atoms with Crippen molar-refractivity contribution in [1.29, 1.82) is 0 Å². The molecule has 0 bridgehead atoms. The molecule has 126 valence electrons. The molecule has 6 heteroatoms. The Morgan fingerprint density at radius 2 is 1.55 bits per heavy atom. The number of nitrogens with one attached hydrogen (secondary N) is 2. The molecule has 0 radical (unpaired) electrons. The second-order valence-corrected chi connectivity index (χ2v) is 7.38. The van der Waals surface area contributed by atoms with Crippen LogP contribution >= 0.6 is 0 Å².